The number of thioether (sulfide) groups is 1. The first-order valence-electron chi connectivity index (χ1n) is 4.66. The average Bonchev–Trinajstić information content (AvgIpc) is 2.83. The zero-order valence-corrected chi connectivity index (χ0v) is 11.2. The molecule has 1 aliphatic rings. The third-order valence-corrected chi connectivity index (χ3v) is 4.00. The summed E-state index contributed by atoms with van der Waals surface area (Å²) in [4.78, 5) is 24.3. The Balaban J connectivity index is 2.21. The van der Waals surface area contributed by atoms with Gasteiger partial charge in [0.2, 0.25) is 5.91 Å². The summed E-state index contributed by atoms with van der Waals surface area (Å²) < 4.78 is 0.341. The Labute approximate surface area is 112 Å². The monoisotopic (exact) mass is 284 g/mol. The molecule has 0 spiro atoms. The molecule has 2 amide bonds. The number of hydrazine groups is 1. The van der Waals surface area contributed by atoms with E-state index >= 15 is 0 Å². The smallest absolute Gasteiger partial charge is 0.274 e. The second-order valence-electron chi connectivity index (χ2n) is 3.20. The summed E-state index contributed by atoms with van der Waals surface area (Å²) in [7, 11) is 0. The number of nitrogens with one attached hydrogen (secondary N) is 1. The van der Waals surface area contributed by atoms with E-state index in [-0.39, 0.29) is 11.8 Å². The highest BCUT2D eigenvalue weighted by Gasteiger charge is 2.32. The summed E-state index contributed by atoms with van der Waals surface area (Å²) in [5.41, 5.74) is 2.40. The predicted octanol–water partition coefficient (Wildman–Crippen LogP) is 2.00. The SMILES string of the molecule is CC(=O)NN1C(=O)/C(=C\c2cccs2)SC1=S. The number of thiocarbonyl (C=S) groups is 1. The number of nitrogens with zero attached hydrogens (tertiary/aromatic N) is 1. The van der Waals surface area contributed by atoms with Crippen molar-refractivity contribution in [2.24, 2.45) is 0 Å². The summed E-state index contributed by atoms with van der Waals surface area (Å²) in [5.74, 6) is -0.609. The van der Waals surface area contributed by atoms with E-state index in [1.807, 2.05) is 17.5 Å². The van der Waals surface area contributed by atoms with E-state index in [4.69, 9.17) is 12.2 Å². The van der Waals surface area contributed by atoms with Crippen LogP contribution in [0.4, 0.5) is 0 Å². The van der Waals surface area contributed by atoms with Crippen LogP contribution in [0.2, 0.25) is 0 Å². The lowest BCUT2D eigenvalue weighted by molar-refractivity contribution is -0.131. The first-order valence-corrected chi connectivity index (χ1v) is 6.77. The van der Waals surface area contributed by atoms with Crippen LogP contribution in [-0.2, 0) is 9.59 Å². The van der Waals surface area contributed by atoms with Crippen molar-refractivity contribution in [2.45, 2.75) is 6.92 Å². The van der Waals surface area contributed by atoms with Gasteiger partial charge in [0.05, 0.1) is 4.91 Å². The first-order chi connectivity index (χ1) is 8.08. The number of hydrogen-bond donors (Lipinski definition) is 1. The van der Waals surface area contributed by atoms with Crippen LogP contribution in [0.5, 0.6) is 0 Å². The average molecular weight is 284 g/mol. The highest BCUT2D eigenvalue weighted by atomic mass is 32.2. The van der Waals surface area contributed by atoms with Gasteiger partial charge < -0.3 is 0 Å². The molecule has 1 aromatic rings. The van der Waals surface area contributed by atoms with E-state index in [0.717, 1.165) is 9.89 Å². The molecule has 0 atom stereocenters. The normalized spacial score (nSPS) is 17.9. The van der Waals surface area contributed by atoms with Gasteiger partial charge in [0.15, 0.2) is 4.32 Å². The van der Waals surface area contributed by atoms with Crippen molar-refractivity contribution in [3.63, 3.8) is 0 Å². The molecule has 2 rings (SSSR count). The van der Waals surface area contributed by atoms with Crippen LogP contribution >= 0.6 is 35.3 Å². The summed E-state index contributed by atoms with van der Waals surface area (Å²) >= 11 is 7.74. The summed E-state index contributed by atoms with van der Waals surface area (Å²) in [6.45, 7) is 1.33. The van der Waals surface area contributed by atoms with Crippen molar-refractivity contribution < 1.29 is 9.59 Å². The van der Waals surface area contributed by atoms with Gasteiger partial charge in [-0.2, -0.15) is 5.01 Å². The minimum absolute atomic E-state index is 0.288. The van der Waals surface area contributed by atoms with E-state index < -0.39 is 0 Å². The van der Waals surface area contributed by atoms with Gasteiger partial charge in [0.1, 0.15) is 0 Å². The van der Waals surface area contributed by atoms with Gasteiger partial charge in [-0.25, -0.2) is 0 Å². The molecule has 0 aromatic carbocycles. The standard InChI is InChI=1S/C10H8N2O2S3/c1-6(13)11-12-9(14)8(17-10(12)15)5-7-3-2-4-16-7/h2-5H,1H3,(H,11,13)/b8-5+. The molecule has 7 heteroatoms. The van der Waals surface area contributed by atoms with Crippen LogP contribution < -0.4 is 5.43 Å². The van der Waals surface area contributed by atoms with Crippen molar-refractivity contribution in [1.29, 1.82) is 0 Å². The molecular formula is C10H8N2O2S3. The molecule has 4 nitrogen and oxygen atoms in total. The number of carbonyl (C=O) groups is 2. The molecule has 1 aromatic heterocycles. The van der Waals surface area contributed by atoms with Crippen molar-refractivity contribution in [3.05, 3.63) is 27.3 Å². The minimum atomic E-state index is -0.321. The van der Waals surface area contributed by atoms with Crippen LogP contribution in [-0.4, -0.2) is 21.1 Å². The highest BCUT2D eigenvalue weighted by Crippen LogP contribution is 2.31. The third kappa shape index (κ3) is 2.74. The largest absolute Gasteiger partial charge is 0.285 e. The van der Waals surface area contributed by atoms with E-state index in [1.165, 1.54) is 30.0 Å². The molecular weight excluding hydrogens is 276 g/mol. The predicted molar refractivity (Wildman–Crippen MR) is 73.1 cm³/mol. The molecule has 17 heavy (non-hydrogen) atoms. The lowest BCUT2D eigenvalue weighted by Crippen LogP contribution is -2.43. The Bertz CT molecular complexity index is 508. The summed E-state index contributed by atoms with van der Waals surface area (Å²) in [5, 5.41) is 3.03. The maximum absolute atomic E-state index is 11.9. The first kappa shape index (κ1) is 12.3. The maximum Gasteiger partial charge on any atom is 0.285 e. The van der Waals surface area contributed by atoms with Crippen LogP contribution in [0.25, 0.3) is 6.08 Å². The lowest BCUT2D eigenvalue weighted by atomic mass is 10.4. The van der Waals surface area contributed by atoms with Crippen LogP contribution in [0, 0.1) is 0 Å². The Morgan fingerprint density at radius 2 is 2.35 bits per heavy atom. The van der Waals surface area contributed by atoms with Gasteiger partial charge >= 0.3 is 0 Å². The third-order valence-electron chi connectivity index (χ3n) is 1.88. The van der Waals surface area contributed by atoms with Crippen LogP contribution in [0.15, 0.2) is 22.4 Å². The zero-order valence-electron chi connectivity index (χ0n) is 8.80. The number of rotatable bonds is 2. The number of amides is 2. The molecule has 1 saturated heterocycles. The summed E-state index contributed by atoms with van der Waals surface area (Å²) in [6, 6.07) is 3.82. The second-order valence-corrected chi connectivity index (χ2v) is 5.86. The number of thiophene rings is 1. The molecule has 0 unspecified atom stereocenters. The van der Waals surface area contributed by atoms with E-state index in [9.17, 15) is 9.59 Å². The summed E-state index contributed by atoms with van der Waals surface area (Å²) in [6.07, 6.45) is 1.77. The minimum Gasteiger partial charge on any atom is -0.274 e. The Morgan fingerprint density at radius 3 is 2.94 bits per heavy atom. The molecule has 1 aliphatic heterocycles. The molecule has 88 valence electrons. The molecule has 0 bridgehead atoms. The van der Waals surface area contributed by atoms with E-state index in [0.29, 0.717) is 9.23 Å². The van der Waals surface area contributed by atoms with Gasteiger partial charge in [0.25, 0.3) is 5.91 Å². The topological polar surface area (TPSA) is 49.4 Å². The van der Waals surface area contributed by atoms with Crippen LogP contribution in [0.1, 0.15) is 11.8 Å². The van der Waals surface area contributed by atoms with Gasteiger partial charge in [-0.15, -0.1) is 11.3 Å². The van der Waals surface area contributed by atoms with Gasteiger partial charge in [0, 0.05) is 11.8 Å². The molecule has 0 aliphatic carbocycles. The zero-order chi connectivity index (χ0) is 12.4. The molecule has 0 radical (unpaired) electrons. The number of hydrogen-bond acceptors (Lipinski definition) is 5. The van der Waals surface area contributed by atoms with Crippen molar-refractivity contribution >= 4 is 57.5 Å². The molecule has 2 heterocycles. The van der Waals surface area contributed by atoms with E-state index in [2.05, 4.69) is 5.43 Å². The Morgan fingerprint density at radius 1 is 1.59 bits per heavy atom. The van der Waals surface area contributed by atoms with Crippen molar-refractivity contribution in [2.75, 3.05) is 0 Å². The fourth-order valence-electron chi connectivity index (χ4n) is 1.22. The fourth-order valence-corrected chi connectivity index (χ4v) is 3.13. The van der Waals surface area contributed by atoms with Crippen molar-refractivity contribution in [1.82, 2.24) is 10.4 Å². The Hall–Kier alpha value is -1.18. The second kappa shape index (κ2) is 4.99. The quantitative estimate of drug-likeness (QED) is 0.666. The van der Waals surface area contributed by atoms with Gasteiger partial charge in [-0.3, -0.25) is 15.0 Å². The molecule has 1 fully saturated rings. The maximum atomic E-state index is 11.9. The Kier molecular flexibility index (Phi) is 3.60. The fraction of sp³-hybridized carbons (Fsp3) is 0.100. The highest BCUT2D eigenvalue weighted by molar-refractivity contribution is 8.26. The van der Waals surface area contributed by atoms with Crippen LogP contribution in [0.3, 0.4) is 0 Å². The van der Waals surface area contributed by atoms with E-state index in [1.54, 1.807) is 6.08 Å². The lowest BCUT2D eigenvalue weighted by Gasteiger charge is -2.13. The molecule has 0 saturated carbocycles. The molecule has 1 N–H and O–H groups in total. The number of carbonyl (C=O) groups excluding carboxylic acids is 2. The van der Waals surface area contributed by atoms with Crippen molar-refractivity contribution in [3.8, 4) is 0 Å². The van der Waals surface area contributed by atoms with Gasteiger partial charge in [-0.1, -0.05) is 17.8 Å². The van der Waals surface area contributed by atoms with Gasteiger partial charge in [-0.05, 0) is 29.7 Å².